The van der Waals surface area contributed by atoms with Gasteiger partial charge in [0.1, 0.15) is 23.1 Å². The summed E-state index contributed by atoms with van der Waals surface area (Å²) >= 11 is 7.39. The highest BCUT2D eigenvalue weighted by molar-refractivity contribution is 7.09. The number of thiazole rings is 1. The molecule has 1 aliphatic carbocycles. The van der Waals surface area contributed by atoms with Gasteiger partial charge in [0.25, 0.3) is 5.91 Å². The number of amides is 3. The highest BCUT2D eigenvalue weighted by Crippen LogP contribution is 2.22. The van der Waals surface area contributed by atoms with E-state index in [1.54, 1.807) is 29.6 Å². The number of anilines is 1. The van der Waals surface area contributed by atoms with E-state index in [2.05, 4.69) is 46.9 Å². The zero-order chi connectivity index (χ0) is 25.5. The molecule has 7 nitrogen and oxygen atoms in total. The maximum Gasteiger partial charge on any atom is 0.319 e. The number of hydrogen-bond acceptors (Lipinski definition) is 5. The van der Waals surface area contributed by atoms with Crippen LogP contribution in [0.25, 0.3) is 0 Å². The van der Waals surface area contributed by atoms with Crippen molar-refractivity contribution in [3.05, 3.63) is 75.2 Å². The lowest BCUT2D eigenvalue weighted by Crippen LogP contribution is -2.54. The van der Waals surface area contributed by atoms with E-state index in [0.717, 1.165) is 36.4 Å². The van der Waals surface area contributed by atoms with Crippen LogP contribution in [0.4, 0.5) is 10.5 Å². The van der Waals surface area contributed by atoms with Crippen molar-refractivity contribution in [2.75, 3.05) is 5.32 Å². The van der Waals surface area contributed by atoms with Crippen LogP contribution in [0.1, 0.15) is 66.5 Å². The van der Waals surface area contributed by atoms with Gasteiger partial charge in [-0.1, -0.05) is 56.5 Å². The van der Waals surface area contributed by atoms with Crippen molar-refractivity contribution in [1.82, 2.24) is 15.6 Å². The summed E-state index contributed by atoms with van der Waals surface area (Å²) in [5, 5.41) is 11.9. The molecular weight excluding hydrogens is 496 g/mol. The maximum atomic E-state index is 12.9. The van der Waals surface area contributed by atoms with Gasteiger partial charge >= 0.3 is 6.03 Å². The summed E-state index contributed by atoms with van der Waals surface area (Å²) in [6.45, 7) is 4.61. The average molecular weight is 527 g/mol. The summed E-state index contributed by atoms with van der Waals surface area (Å²) in [5.41, 5.74) is 2.24. The Morgan fingerprint density at radius 3 is 2.50 bits per heavy atom. The molecule has 0 bridgehead atoms. The lowest BCUT2D eigenvalue weighted by atomic mass is 9.90. The van der Waals surface area contributed by atoms with Crippen molar-refractivity contribution in [2.24, 2.45) is 0 Å². The fraction of sp³-hybridized carbons (Fsp3) is 0.370. The van der Waals surface area contributed by atoms with Crippen molar-refractivity contribution < 1.29 is 14.3 Å². The van der Waals surface area contributed by atoms with E-state index in [1.165, 1.54) is 16.9 Å². The second kappa shape index (κ2) is 12.2. The fourth-order valence-corrected chi connectivity index (χ4v) is 5.07. The molecule has 1 saturated carbocycles. The van der Waals surface area contributed by atoms with Gasteiger partial charge in [0, 0.05) is 22.1 Å². The van der Waals surface area contributed by atoms with Crippen LogP contribution in [-0.2, 0) is 6.61 Å². The van der Waals surface area contributed by atoms with Crippen LogP contribution in [0, 0.1) is 0 Å². The molecule has 0 aliphatic heterocycles. The van der Waals surface area contributed by atoms with Gasteiger partial charge in [-0.05, 0) is 54.7 Å². The largest absolute Gasteiger partial charge is 0.486 e. The van der Waals surface area contributed by atoms with Crippen molar-refractivity contribution in [2.45, 2.75) is 64.1 Å². The first kappa shape index (κ1) is 26.0. The Morgan fingerprint density at radius 1 is 1.08 bits per heavy atom. The van der Waals surface area contributed by atoms with Crippen LogP contribution in [-0.4, -0.2) is 29.0 Å². The summed E-state index contributed by atoms with van der Waals surface area (Å²) < 4.78 is 5.84. The lowest BCUT2D eigenvalue weighted by Gasteiger charge is -2.32. The minimum absolute atomic E-state index is 0.169. The Morgan fingerprint density at radius 2 is 1.81 bits per heavy atom. The quantitative estimate of drug-likeness (QED) is 0.318. The Bertz CT molecular complexity index is 1180. The number of nitrogens with zero attached hydrogens (tertiary/aromatic N) is 1. The zero-order valence-electron chi connectivity index (χ0n) is 20.4. The monoisotopic (exact) mass is 526 g/mol. The number of aromatic nitrogens is 1. The third-order valence-electron chi connectivity index (χ3n) is 6.17. The van der Waals surface area contributed by atoms with Crippen LogP contribution < -0.4 is 20.7 Å². The van der Waals surface area contributed by atoms with Gasteiger partial charge in [-0.3, -0.25) is 4.79 Å². The van der Waals surface area contributed by atoms with E-state index >= 15 is 0 Å². The molecule has 0 saturated heterocycles. The van der Waals surface area contributed by atoms with Gasteiger partial charge in [0.05, 0.1) is 6.04 Å². The van der Waals surface area contributed by atoms with E-state index in [9.17, 15) is 9.59 Å². The molecule has 190 valence electrons. The van der Waals surface area contributed by atoms with Crippen molar-refractivity contribution in [1.29, 1.82) is 0 Å². The number of hydrogen-bond donors (Lipinski definition) is 3. The Balaban J connectivity index is 1.30. The fourth-order valence-electron chi connectivity index (χ4n) is 4.20. The smallest absolute Gasteiger partial charge is 0.319 e. The SMILES string of the molecule is CC(C)c1ccc(OCc2nc(C(=O)NC3CCCCC3NC(=O)Nc3cccc(Cl)c3)cs2)cc1. The van der Waals surface area contributed by atoms with Crippen molar-refractivity contribution in [3.63, 3.8) is 0 Å². The number of nitrogens with one attached hydrogen (secondary N) is 3. The van der Waals surface area contributed by atoms with E-state index in [-0.39, 0.29) is 24.0 Å². The Kier molecular flexibility index (Phi) is 8.83. The summed E-state index contributed by atoms with van der Waals surface area (Å²) in [5.74, 6) is 0.996. The molecule has 3 N–H and O–H groups in total. The molecule has 2 atom stereocenters. The predicted molar refractivity (Wildman–Crippen MR) is 144 cm³/mol. The third kappa shape index (κ3) is 7.21. The first-order valence-corrected chi connectivity index (χ1v) is 13.4. The van der Waals surface area contributed by atoms with E-state index in [4.69, 9.17) is 16.3 Å². The molecule has 1 fully saturated rings. The number of urea groups is 1. The molecule has 2 aromatic carbocycles. The van der Waals surface area contributed by atoms with Gasteiger partial charge in [0.15, 0.2) is 0 Å². The topological polar surface area (TPSA) is 92.3 Å². The minimum atomic E-state index is -0.321. The number of benzene rings is 2. The van der Waals surface area contributed by atoms with Crippen LogP contribution >= 0.6 is 22.9 Å². The van der Waals surface area contributed by atoms with Gasteiger partial charge < -0.3 is 20.7 Å². The Labute approximate surface area is 220 Å². The zero-order valence-corrected chi connectivity index (χ0v) is 22.0. The molecule has 2 unspecified atom stereocenters. The van der Waals surface area contributed by atoms with Gasteiger partial charge in [-0.2, -0.15) is 0 Å². The van der Waals surface area contributed by atoms with Gasteiger partial charge in [0.2, 0.25) is 0 Å². The van der Waals surface area contributed by atoms with Crippen LogP contribution in [0.2, 0.25) is 5.02 Å². The minimum Gasteiger partial charge on any atom is -0.486 e. The molecule has 1 heterocycles. The lowest BCUT2D eigenvalue weighted by molar-refractivity contribution is 0.0911. The molecule has 0 radical (unpaired) electrons. The average Bonchev–Trinajstić information content (AvgIpc) is 3.33. The summed E-state index contributed by atoms with van der Waals surface area (Å²) in [6, 6.07) is 14.3. The number of halogens is 1. The first-order chi connectivity index (χ1) is 17.4. The highest BCUT2D eigenvalue weighted by atomic mass is 35.5. The summed E-state index contributed by atoms with van der Waals surface area (Å²) in [4.78, 5) is 29.9. The van der Waals surface area contributed by atoms with Crippen molar-refractivity contribution >= 4 is 40.6 Å². The second-order valence-electron chi connectivity index (χ2n) is 9.22. The molecule has 3 amide bonds. The molecular formula is C27H31ClN4O3S. The molecule has 1 aliphatic rings. The van der Waals surface area contributed by atoms with E-state index in [0.29, 0.717) is 28.9 Å². The maximum absolute atomic E-state index is 12.9. The second-order valence-corrected chi connectivity index (χ2v) is 10.6. The highest BCUT2D eigenvalue weighted by Gasteiger charge is 2.28. The third-order valence-corrected chi connectivity index (χ3v) is 7.23. The van der Waals surface area contributed by atoms with Crippen molar-refractivity contribution in [3.8, 4) is 5.75 Å². The van der Waals surface area contributed by atoms with Crippen LogP contribution in [0.5, 0.6) is 5.75 Å². The predicted octanol–water partition coefficient (Wildman–Crippen LogP) is 6.36. The summed E-state index contributed by atoms with van der Waals surface area (Å²) in [7, 11) is 0. The number of carbonyl (C=O) groups excluding carboxylic acids is 2. The van der Waals surface area contributed by atoms with E-state index in [1.807, 2.05) is 12.1 Å². The number of ether oxygens (including phenoxy) is 1. The normalized spacial score (nSPS) is 17.4. The summed E-state index contributed by atoms with van der Waals surface area (Å²) in [6.07, 6.45) is 3.57. The first-order valence-electron chi connectivity index (χ1n) is 12.2. The number of rotatable bonds is 8. The van der Waals surface area contributed by atoms with Crippen LogP contribution in [0.15, 0.2) is 53.9 Å². The van der Waals surface area contributed by atoms with E-state index < -0.39 is 0 Å². The van der Waals surface area contributed by atoms with Gasteiger partial charge in [-0.15, -0.1) is 11.3 Å². The molecule has 9 heteroatoms. The van der Waals surface area contributed by atoms with Crippen LogP contribution in [0.3, 0.4) is 0 Å². The number of carbonyl (C=O) groups is 2. The molecule has 1 aromatic heterocycles. The molecule has 4 rings (SSSR count). The molecule has 3 aromatic rings. The standard InChI is InChI=1S/C27H31ClN4O3S/c1-17(2)18-10-12-21(13-11-18)35-15-25-30-24(16-36-25)26(33)31-22-8-3-4-9-23(22)32-27(34)29-20-7-5-6-19(28)14-20/h5-7,10-14,16-17,22-23H,3-4,8-9,15H2,1-2H3,(H,31,33)(H2,29,32,34). The van der Waals surface area contributed by atoms with Gasteiger partial charge in [-0.25, -0.2) is 9.78 Å². The molecule has 0 spiro atoms. The Hall–Kier alpha value is -3.10. The molecule has 36 heavy (non-hydrogen) atoms.